The second-order valence-electron chi connectivity index (χ2n) is 4.48. The third kappa shape index (κ3) is 3.35. The zero-order valence-corrected chi connectivity index (χ0v) is 13.3. The van der Waals surface area contributed by atoms with Crippen LogP contribution in [0.15, 0.2) is 46.9 Å². The van der Waals surface area contributed by atoms with Crippen molar-refractivity contribution in [3.05, 3.63) is 63.9 Å². The van der Waals surface area contributed by atoms with Gasteiger partial charge in [0.2, 0.25) is 0 Å². The summed E-state index contributed by atoms with van der Waals surface area (Å²) in [6.45, 7) is 0.573. The normalized spacial score (nSPS) is 10.3. The predicted molar refractivity (Wildman–Crippen MR) is 88.5 cm³/mol. The quantitative estimate of drug-likeness (QED) is 0.847. The first-order valence-electron chi connectivity index (χ1n) is 6.03. The molecular weight excluding hydrogens is 339 g/mol. The summed E-state index contributed by atoms with van der Waals surface area (Å²) in [6.07, 6.45) is 0. The van der Waals surface area contributed by atoms with Gasteiger partial charge < -0.3 is 10.6 Å². The van der Waals surface area contributed by atoms with Crippen molar-refractivity contribution < 1.29 is 4.39 Å². The lowest BCUT2D eigenvalue weighted by Crippen LogP contribution is -2.22. The van der Waals surface area contributed by atoms with E-state index in [1.165, 1.54) is 12.1 Å². The molecule has 0 fully saturated rings. The first kappa shape index (κ1) is 14.9. The highest BCUT2D eigenvalue weighted by atomic mass is 79.9. The molecule has 0 amide bonds. The number of nitrogens with zero attached hydrogens (tertiary/aromatic N) is 1. The largest absolute Gasteiger partial charge is 0.389 e. The van der Waals surface area contributed by atoms with E-state index in [2.05, 4.69) is 15.9 Å². The predicted octanol–water partition coefficient (Wildman–Crippen LogP) is 3.86. The minimum Gasteiger partial charge on any atom is -0.389 e. The minimum absolute atomic E-state index is 0.236. The lowest BCUT2D eigenvalue weighted by atomic mass is 10.1. The van der Waals surface area contributed by atoms with Crippen molar-refractivity contribution in [3.63, 3.8) is 0 Å². The van der Waals surface area contributed by atoms with E-state index in [1.54, 1.807) is 6.07 Å². The molecule has 0 aliphatic rings. The Bertz CT molecular complexity index is 646. The molecule has 0 saturated heterocycles. The monoisotopic (exact) mass is 352 g/mol. The number of hydrogen-bond donors (Lipinski definition) is 1. The molecule has 0 aliphatic heterocycles. The molecule has 0 atom stereocenters. The van der Waals surface area contributed by atoms with E-state index >= 15 is 0 Å². The second kappa shape index (κ2) is 6.33. The average molecular weight is 353 g/mol. The maximum atomic E-state index is 13.2. The van der Waals surface area contributed by atoms with Crippen molar-refractivity contribution in [2.45, 2.75) is 6.54 Å². The maximum Gasteiger partial charge on any atom is 0.123 e. The van der Waals surface area contributed by atoms with E-state index < -0.39 is 0 Å². The summed E-state index contributed by atoms with van der Waals surface area (Å²) in [6, 6.07) is 12.3. The second-order valence-corrected chi connectivity index (χ2v) is 5.78. The fraction of sp³-hybridized carbons (Fsp3) is 0.133. The fourth-order valence-corrected chi connectivity index (χ4v) is 2.98. The highest BCUT2D eigenvalue weighted by Gasteiger charge is 2.13. The Hall–Kier alpha value is -1.46. The summed E-state index contributed by atoms with van der Waals surface area (Å²) < 4.78 is 14.1. The summed E-state index contributed by atoms with van der Waals surface area (Å²) in [4.78, 5) is 2.33. The van der Waals surface area contributed by atoms with Crippen LogP contribution in [0.5, 0.6) is 0 Å². The molecule has 0 unspecified atom stereocenters. The van der Waals surface area contributed by atoms with Crippen LogP contribution in [0.2, 0.25) is 0 Å². The number of anilines is 1. The summed E-state index contributed by atoms with van der Waals surface area (Å²) in [7, 11) is 1.93. The van der Waals surface area contributed by atoms with Crippen molar-refractivity contribution in [2.75, 3.05) is 11.9 Å². The Kier molecular flexibility index (Phi) is 4.73. The Labute approximate surface area is 131 Å². The van der Waals surface area contributed by atoms with Crippen LogP contribution in [0, 0.1) is 5.82 Å². The van der Waals surface area contributed by atoms with Crippen LogP contribution < -0.4 is 10.6 Å². The van der Waals surface area contributed by atoms with Gasteiger partial charge in [-0.2, -0.15) is 0 Å². The van der Waals surface area contributed by atoms with Gasteiger partial charge in [-0.3, -0.25) is 0 Å². The Morgan fingerprint density at radius 2 is 2.00 bits per heavy atom. The molecule has 2 rings (SSSR count). The van der Waals surface area contributed by atoms with Crippen molar-refractivity contribution in [3.8, 4) is 0 Å². The van der Waals surface area contributed by atoms with Crippen LogP contribution in [0.3, 0.4) is 0 Å². The number of halogens is 2. The standard InChI is InChI=1S/C15H14BrFN2S/c1-19(9-10-4-2-5-11(17)8-10)13-7-3-6-12(16)14(13)15(18)20/h2-8H,9H2,1H3,(H2,18,20). The van der Waals surface area contributed by atoms with Gasteiger partial charge in [0.15, 0.2) is 0 Å². The van der Waals surface area contributed by atoms with Crippen molar-refractivity contribution in [1.82, 2.24) is 0 Å². The molecule has 0 heterocycles. The fourth-order valence-electron chi connectivity index (χ4n) is 2.07. The van der Waals surface area contributed by atoms with Crippen LogP contribution in [0.4, 0.5) is 10.1 Å². The van der Waals surface area contributed by atoms with E-state index in [4.69, 9.17) is 18.0 Å². The summed E-state index contributed by atoms with van der Waals surface area (Å²) in [5.74, 6) is -0.236. The molecule has 0 spiro atoms. The number of nitrogens with two attached hydrogens (primary N) is 1. The average Bonchev–Trinajstić information content (AvgIpc) is 2.37. The number of thiocarbonyl (C=S) groups is 1. The Morgan fingerprint density at radius 1 is 1.30 bits per heavy atom. The zero-order chi connectivity index (χ0) is 14.7. The molecule has 0 aromatic heterocycles. The third-order valence-electron chi connectivity index (χ3n) is 2.96. The molecular formula is C15H14BrFN2S. The van der Waals surface area contributed by atoms with E-state index in [-0.39, 0.29) is 5.82 Å². The minimum atomic E-state index is -0.236. The van der Waals surface area contributed by atoms with E-state index in [9.17, 15) is 4.39 Å². The van der Waals surface area contributed by atoms with E-state index in [0.717, 1.165) is 21.3 Å². The van der Waals surface area contributed by atoms with Gasteiger partial charge in [-0.15, -0.1) is 0 Å². The molecule has 0 bridgehead atoms. The number of rotatable bonds is 4. The maximum absolute atomic E-state index is 13.2. The molecule has 104 valence electrons. The van der Waals surface area contributed by atoms with Crippen molar-refractivity contribution in [1.29, 1.82) is 0 Å². The molecule has 0 radical (unpaired) electrons. The molecule has 0 saturated carbocycles. The van der Waals surface area contributed by atoms with Crippen molar-refractivity contribution >= 4 is 38.8 Å². The lowest BCUT2D eigenvalue weighted by Gasteiger charge is -2.23. The summed E-state index contributed by atoms with van der Waals surface area (Å²) in [5, 5.41) is 0. The van der Waals surface area contributed by atoms with Gasteiger partial charge >= 0.3 is 0 Å². The highest BCUT2D eigenvalue weighted by molar-refractivity contribution is 9.10. The SMILES string of the molecule is CN(Cc1cccc(F)c1)c1cccc(Br)c1C(N)=S. The van der Waals surface area contributed by atoms with Gasteiger partial charge in [-0.25, -0.2) is 4.39 Å². The lowest BCUT2D eigenvalue weighted by molar-refractivity contribution is 0.625. The summed E-state index contributed by atoms with van der Waals surface area (Å²) >= 11 is 8.56. The molecule has 2 nitrogen and oxygen atoms in total. The molecule has 2 aromatic carbocycles. The zero-order valence-electron chi connectivity index (χ0n) is 10.9. The van der Waals surface area contributed by atoms with Crippen molar-refractivity contribution in [2.24, 2.45) is 5.73 Å². The molecule has 5 heteroatoms. The highest BCUT2D eigenvalue weighted by Crippen LogP contribution is 2.28. The van der Waals surface area contributed by atoms with Gasteiger partial charge in [0.25, 0.3) is 0 Å². The van der Waals surface area contributed by atoms with Gasteiger partial charge in [0.1, 0.15) is 10.8 Å². The number of hydrogen-bond acceptors (Lipinski definition) is 2. The topological polar surface area (TPSA) is 29.3 Å². The first-order chi connectivity index (χ1) is 9.49. The van der Waals surface area contributed by atoms with E-state index in [0.29, 0.717) is 11.5 Å². The Balaban J connectivity index is 2.32. The smallest absolute Gasteiger partial charge is 0.123 e. The van der Waals surface area contributed by atoms with Crippen LogP contribution in [0.1, 0.15) is 11.1 Å². The molecule has 0 aliphatic carbocycles. The molecule has 2 aromatic rings. The molecule has 20 heavy (non-hydrogen) atoms. The van der Waals surface area contributed by atoms with Crippen LogP contribution in [0.25, 0.3) is 0 Å². The van der Waals surface area contributed by atoms with Gasteiger partial charge in [0, 0.05) is 29.3 Å². The summed E-state index contributed by atoms with van der Waals surface area (Å²) in [5.41, 5.74) is 8.38. The Morgan fingerprint density at radius 3 is 2.65 bits per heavy atom. The van der Waals surface area contributed by atoms with Crippen LogP contribution in [-0.4, -0.2) is 12.0 Å². The van der Waals surface area contributed by atoms with E-state index in [1.807, 2.05) is 36.2 Å². The van der Waals surface area contributed by atoms with Crippen LogP contribution >= 0.6 is 28.1 Å². The van der Waals surface area contributed by atoms with Crippen LogP contribution in [-0.2, 0) is 6.54 Å². The third-order valence-corrected chi connectivity index (χ3v) is 3.82. The van der Waals surface area contributed by atoms with Gasteiger partial charge in [-0.05, 0) is 45.8 Å². The number of benzene rings is 2. The van der Waals surface area contributed by atoms with Gasteiger partial charge in [-0.1, -0.05) is 30.4 Å². The first-order valence-corrected chi connectivity index (χ1v) is 7.23. The van der Waals surface area contributed by atoms with Gasteiger partial charge in [0.05, 0.1) is 0 Å². The molecule has 2 N–H and O–H groups in total.